The lowest BCUT2D eigenvalue weighted by atomic mass is 9.99. The van der Waals surface area contributed by atoms with E-state index < -0.39 is 6.10 Å². The molecule has 1 aromatic carbocycles. The summed E-state index contributed by atoms with van der Waals surface area (Å²) in [6, 6.07) is 3.61. The van der Waals surface area contributed by atoms with Crippen LogP contribution >= 0.6 is 0 Å². The summed E-state index contributed by atoms with van der Waals surface area (Å²) < 4.78 is 0. The largest absolute Gasteiger partial charge is 0.507 e. The monoisotopic (exact) mass is 304 g/mol. The standard InChI is InChI=1S/C19H28O3/c1-12(2)18(21)9-13(3)7-6-8-17(20)16-10-14(4)19(22)15(5)11-16/h6,10-12,17-18,20-22H,8-9H2,1-5H3/t7?,17-,18-/m1/s1. The van der Waals surface area contributed by atoms with Gasteiger partial charge in [-0.1, -0.05) is 13.8 Å². The van der Waals surface area contributed by atoms with Gasteiger partial charge in [-0.2, -0.15) is 0 Å². The number of aliphatic hydroxyl groups excluding tert-OH is 2. The van der Waals surface area contributed by atoms with Crippen LogP contribution in [0.4, 0.5) is 0 Å². The Hall–Kier alpha value is -1.54. The second-order valence-corrected chi connectivity index (χ2v) is 6.40. The first kappa shape index (κ1) is 18.5. The third-order valence-electron chi connectivity index (χ3n) is 3.87. The molecule has 3 nitrogen and oxygen atoms in total. The molecule has 22 heavy (non-hydrogen) atoms. The van der Waals surface area contributed by atoms with Gasteiger partial charge in [-0.3, -0.25) is 0 Å². The van der Waals surface area contributed by atoms with Crippen LogP contribution in [0.15, 0.2) is 29.5 Å². The molecule has 0 amide bonds. The van der Waals surface area contributed by atoms with Gasteiger partial charge >= 0.3 is 0 Å². The van der Waals surface area contributed by atoms with E-state index in [1.54, 1.807) is 12.1 Å². The van der Waals surface area contributed by atoms with Crippen molar-refractivity contribution in [3.05, 3.63) is 46.2 Å². The summed E-state index contributed by atoms with van der Waals surface area (Å²) >= 11 is 0. The summed E-state index contributed by atoms with van der Waals surface area (Å²) in [5, 5.41) is 29.8. The highest BCUT2D eigenvalue weighted by Gasteiger charge is 2.11. The van der Waals surface area contributed by atoms with E-state index in [1.807, 2.05) is 40.7 Å². The second kappa shape index (κ2) is 8.19. The molecule has 3 heteroatoms. The van der Waals surface area contributed by atoms with Crippen molar-refractivity contribution in [1.29, 1.82) is 0 Å². The van der Waals surface area contributed by atoms with Crippen LogP contribution in [0.3, 0.4) is 0 Å². The van der Waals surface area contributed by atoms with Gasteiger partial charge in [-0.05, 0) is 67.2 Å². The number of aromatic hydroxyl groups is 1. The van der Waals surface area contributed by atoms with E-state index in [-0.39, 0.29) is 17.8 Å². The van der Waals surface area contributed by atoms with E-state index >= 15 is 0 Å². The number of benzene rings is 1. The first-order chi connectivity index (χ1) is 10.2. The zero-order chi connectivity index (χ0) is 16.9. The lowest BCUT2D eigenvalue weighted by molar-refractivity contribution is 0.125. The first-order valence-corrected chi connectivity index (χ1v) is 7.79. The minimum absolute atomic E-state index is 0.227. The molecule has 1 aromatic rings. The molecule has 122 valence electrons. The van der Waals surface area contributed by atoms with Crippen molar-refractivity contribution in [2.75, 3.05) is 0 Å². The summed E-state index contributed by atoms with van der Waals surface area (Å²) in [5.41, 5.74) is 6.44. The number of hydrogen-bond donors (Lipinski definition) is 3. The van der Waals surface area contributed by atoms with Crippen molar-refractivity contribution in [2.45, 2.75) is 59.7 Å². The molecular weight excluding hydrogens is 276 g/mol. The quantitative estimate of drug-likeness (QED) is 0.698. The number of phenolic OH excluding ortho intramolecular Hbond substituents is 1. The SMILES string of the molecule is CC(=C=CC[C@@H](O)c1cc(C)c(O)c(C)c1)C[C@@H](O)C(C)C. The fourth-order valence-electron chi connectivity index (χ4n) is 2.27. The van der Waals surface area contributed by atoms with Crippen LogP contribution in [0.25, 0.3) is 0 Å². The highest BCUT2D eigenvalue weighted by Crippen LogP contribution is 2.27. The van der Waals surface area contributed by atoms with Gasteiger partial charge < -0.3 is 15.3 Å². The Balaban J connectivity index is 2.73. The van der Waals surface area contributed by atoms with E-state index in [0.29, 0.717) is 12.8 Å². The molecule has 0 saturated heterocycles. The summed E-state index contributed by atoms with van der Waals surface area (Å²) in [7, 11) is 0. The fourth-order valence-corrected chi connectivity index (χ4v) is 2.27. The molecule has 0 spiro atoms. The number of rotatable bonds is 6. The van der Waals surface area contributed by atoms with Crippen molar-refractivity contribution in [3.8, 4) is 5.75 Å². The summed E-state index contributed by atoms with van der Waals surface area (Å²) in [6.07, 6.45) is 1.90. The lowest BCUT2D eigenvalue weighted by Crippen LogP contribution is -2.14. The van der Waals surface area contributed by atoms with Gasteiger partial charge in [-0.15, -0.1) is 5.73 Å². The highest BCUT2D eigenvalue weighted by atomic mass is 16.3. The maximum Gasteiger partial charge on any atom is 0.121 e. The van der Waals surface area contributed by atoms with Crippen molar-refractivity contribution in [3.63, 3.8) is 0 Å². The van der Waals surface area contributed by atoms with Crippen molar-refractivity contribution < 1.29 is 15.3 Å². The molecule has 0 bridgehead atoms. The smallest absolute Gasteiger partial charge is 0.121 e. The summed E-state index contributed by atoms with van der Waals surface area (Å²) in [4.78, 5) is 0. The molecule has 0 fully saturated rings. The van der Waals surface area contributed by atoms with Crippen LogP contribution in [0, 0.1) is 19.8 Å². The maximum atomic E-state index is 10.2. The molecule has 0 aliphatic carbocycles. The minimum atomic E-state index is -0.617. The first-order valence-electron chi connectivity index (χ1n) is 7.79. The topological polar surface area (TPSA) is 60.7 Å². The summed E-state index contributed by atoms with van der Waals surface area (Å²) in [6.45, 7) is 9.56. The van der Waals surface area contributed by atoms with Gasteiger partial charge in [0.25, 0.3) is 0 Å². The molecule has 1 rings (SSSR count). The van der Waals surface area contributed by atoms with Crippen LogP contribution in [0.5, 0.6) is 5.75 Å². The molecule has 0 radical (unpaired) electrons. The highest BCUT2D eigenvalue weighted by molar-refractivity contribution is 5.42. The van der Waals surface area contributed by atoms with Gasteiger partial charge in [-0.25, -0.2) is 0 Å². The second-order valence-electron chi connectivity index (χ2n) is 6.40. The Morgan fingerprint density at radius 2 is 1.73 bits per heavy atom. The molecule has 3 N–H and O–H groups in total. The van der Waals surface area contributed by atoms with E-state index in [4.69, 9.17) is 0 Å². The molecule has 0 aliphatic heterocycles. The van der Waals surface area contributed by atoms with E-state index in [1.165, 1.54) is 0 Å². The molecular formula is C19H28O3. The number of aliphatic hydroxyl groups is 2. The molecule has 0 aliphatic rings. The predicted octanol–water partition coefficient (Wildman–Crippen LogP) is 3.94. The molecule has 0 heterocycles. The van der Waals surface area contributed by atoms with Crippen LogP contribution in [0.1, 0.15) is 56.4 Å². The van der Waals surface area contributed by atoms with Crippen LogP contribution in [-0.2, 0) is 0 Å². The average molecular weight is 304 g/mol. The third kappa shape index (κ3) is 5.34. The fraction of sp³-hybridized carbons (Fsp3) is 0.526. The van der Waals surface area contributed by atoms with E-state index in [0.717, 1.165) is 22.3 Å². The van der Waals surface area contributed by atoms with Crippen LogP contribution < -0.4 is 0 Å². The third-order valence-corrected chi connectivity index (χ3v) is 3.87. The number of hydrogen-bond acceptors (Lipinski definition) is 3. The van der Waals surface area contributed by atoms with E-state index in [9.17, 15) is 15.3 Å². The van der Waals surface area contributed by atoms with Crippen molar-refractivity contribution in [1.82, 2.24) is 0 Å². The Kier molecular flexibility index (Phi) is 6.89. The van der Waals surface area contributed by atoms with Crippen LogP contribution in [0.2, 0.25) is 0 Å². The van der Waals surface area contributed by atoms with Gasteiger partial charge in [0.1, 0.15) is 5.75 Å². The minimum Gasteiger partial charge on any atom is -0.507 e. The van der Waals surface area contributed by atoms with Crippen molar-refractivity contribution in [2.24, 2.45) is 5.92 Å². The number of aryl methyl sites for hydroxylation is 2. The Labute approximate surface area is 133 Å². The Morgan fingerprint density at radius 3 is 2.23 bits per heavy atom. The predicted molar refractivity (Wildman–Crippen MR) is 89.9 cm³/mol. The molecule has 0 saturated carbocycles. The summed E-state index contributed by atoms with van der Waals surface area (Å²) in [5.74, 6) is 0.509. The molecule has 0 unspecified atom stereocenters. The Morgan fingerprint density at radius 1 is 1.18 bits per heavy atom. The molecule has 0 aromatic heterocycles. The van der Waals surface area contributed by atoms with Crippen molar-refractivity contribution >= 4 is 0 Å². The number of phenols is 1. The normalized spacial score (nSPS) is 13.6. The average Bonchev–Trinajstić information content (AvgIpc) is 2.43. The zero-order valence-corrected chi connectivity index (χ0v) is 14.2. The van der Waals surface area contributed by atoms with Gasteiger partial charge in [0, 0.05) is 12.8 Å². The van der Waals surface area contributed by atoms with E-state index in [2.05, 4.69) is 5.73 Å². The maximum absolute atomic E-state index is 10.2. The van der Waals surface area contributed by atoms with Gasteiger partial charge in [0.15, 0.2) is 0 Å². The molecule has 2 atom stereocenters. The lowest BCUT2D eigenvalue weighted by Gasteiger charge is -2.13. The Bertz CT molecular complexity index is 543. The van der Waals surface area contributed by atoms with Crippen LogP contribution in [-0.4, -0.2) is 21.4 Å². The van der Waals surface area contributed by atoms with Gasteiger partial charge in [0.05, 0.1) is 12.2 Å². The zero-order valence-electron chi connectivity index (χ0n) is 14.2. The van der Waals surface area contributed by atoms with Gasteiger partial charge in [0.2, 0.25) is 0 Å².